The van der Waals surface area contributed by atoms with E-state index in [4.69, 9.17) is 0 Å². The zero-order valence-corrected chi connectivity index (χ0v) is 25.7. The third-order valence-corrected chi connectivity index (χ3v) is 7.77. The second kappa shape index (κ2) is 13.3. The summed E-state index contributed by atoms with van der Waals surface area (Å²) in [6, 6.07) is 23.6. The molecule has 2 aromatic heterocycles. The molecule has 3 fully saturated rings. The van der Waals surface area contributed by atoms with Gasteiger partial charge in [-0.15, -0.1) is 0 Å². The van der Waals surface area contributed by atoms with Gasteiger partial charge < -0.3 is 0 Å². The molecule has 0 radical (unpaired) electrons. The molecule has 0 aliphatic carbocycles. The molecule has 8 nitrogen and oxygen atoms in total. The van der Waals surface area contributed by atoms with Crippen LogP contribution in [0, 0.1) is 29.5 Å². The SMILES string of the molecule is CC1(C)CC(=O)N(c2ccc(C#Cc3ccc(F)cc3)cn2)N1.O=C1CC2CCCN2N1c1ccc(C#Cc2ccccc2)cn1. The Labute approximate surface area is 268 Å². The first-order valence-corrected chi connectivity index (χ1v) is 15.2. The van der Waals surface area contributed by atoms with Gasteiger partial charge in [0.25, 0.3) is 0 Å². The fourth-order valence-electron chi connectivity index (χ4n) is 5.55. The minimum Gasteiger partial charge on any atom is -0.273 e. The second-order valence-corrected chi connectivity index (χ2v) is 12.0. The highest BCUT2D eigenvalue weighted by atomic mass is 19.1. The van der Waals surface area contributed by atoms with Crippen LogP contribution in [-0.4, -0.2) is 44.9 Å². The fraction of sp³-hybridized carbons (Fsp3) is 0.243. The second-order valence-electron chi connectivity index (χ2n) is 12.0. The van der Waals surface area contributed by atoms with Gasteiger partial charge in [0, 0.05) is 65.6 Å². The molecule has 46 heavy (non-hydrogen) atoms. The summed E-state index contributed by atoms with van der Waals surface area (Å²) in [6.07, 6.45) is 6.64. The Bertz CT molecular complexity index is 1840. The van der Waals surface area contributed by atoms with E-state index >= 15 is 0 Å². The molecule has 3 saturated heterocycles. The van der Waals surface area contributed by atoms with Crippen molar-refractivity contribution in [2.24, 2.45) is 0 Å². The number of halogens is 1. The molecular weight excluding hydrogens is 579 g/mol. The van der Waals surface area contributed by atoms with Crippen LogP contribution in [0.25, 0.3) is 0 Å². The molecule has 2 amide bonds. The lowest BCUT2D eigenvalue weighted by Gasteiger charge is -2.26. The average molecular weight is 613 g/mol. The quantitative estimate of drug-likeness (QED) is 0.312. The van der Waals surface area contributed by atoms with Gasteiger partial charge in [0.2, 0.25) is 11.8 Å². The van der Waals surface area contributed by atoms with Crippen molar-refractivity contribution in [2.45, 2.75) is 51.1 Å². The molecule has 1 atom stereocenters. The van der Waals surface area contributed by atoms with Crippen molar-refractivity contribution in [3.8, 4) is 23.7 Å². The van der Waals surface area contributed by atoms with Crippen LogP contribution in [0.3, 0.4) is 0 Å². The van der Waals surface area contributed by atoms with Crippen LogP contribution in [-0.2, 0) is 9.59 Å². The largest absolute Gasteiger partial charge is 0.273 e. The number of carbonyl (C=O) groups is 2. The number of carbonyl (C=O) groups excluding carboxylic acids is 2. The summed E-state index contributed by atoms with van der Waals surface area (Å²) < 4.78 is 12.8. The smallest absolute Gasteiger partial charge is 0.244 e. The number of pyridine rings is 2. The lowest BCUT2D eigenvalue weighted by molar-refractivity contribution is -0.118. The maximum atomic E-state index is 12.8. The molecular formula is C37H33FN6O2. The van der Waals surface area contributed by atoms with Gasteiger partial charge in [-0.05, 0) is 87.4 Å². The van der Waals surface area contributed by atoms with Gasteiger partial charge in [-0.2, -0.15) is 0 Å². The standard InChI is InChI=1S/C19H17N3O.C18H16FN3O/c23-19-13-17-7-4-12-21(17)22(19)18-11-10-16(14-20-18)9-8-15-5-2-1-3-6-15;1-18(2)11-17(23)22(21-18)16-10-7-14(12-20-16)4-3-13-5-8-15(19)9-6-13/h1-3,5-6,10-11,14,17H,4,7,12-13H2;5-10,12,21H,11H2,1-2H3. The Morgan fingerprint density at radius 3 is 1.93 bits per heavy atom. The first kappa shape index (κ1) is 30.7. The zero-order valence-electron chi connectivity index (χ0n) is 25.7. The molecule has 4 aromatic rings. The summed E-state index contributed by atoms with van der Waals surface area (Å²) in [5.74, 6) is 13.2. The Kier molecular flexibility index (Phi) is 8.89. The minimum absolute atomic E-state index is 0.00681. The molecule has 7 rings (SSSR count). The highest BCUT2D eigenvalue weighted by Gasteiger charge is 2.41. The normalized spacial score (nSPS) is 18.2. The Morgan fingerprint density at radius 1 is 0.761 bits per heavy atom. The first-order chi connectivity index (χ1) is 22.2. The van der Waals surface area contributed by atoms with Crippen molar-refractivity contribution in [2.75, 3.05) is 16.6 Å². The molecule has 9 heteroatoms. The first-order valence-electron chi connectivity index (χ1n) is 15.2. The van der Waals surface area contributed by atoms with Crippen LogP contribution in [0.1, 0.15) is 61.8 Å². The predicted molar refractivity (Wildman–Crippen MR) is 174 cm³/mol. The number of hydrazine groups is 2. The van der Waals surface area contributed by atoms with Gasteiger partial charge in [-0.1, -0.05) is 41.9 Å². The minimum atomic E-state index is -0.285. The van der Waals surface area contributed by atoms with E-state index in [2.05, 4.69) is 44.1 Å². The van der Waals surface area contributed by atoms with Crippen molar-refractivity contribution < 1.29 is 14.0 Å². The number of nitrogens with zero attached hydrogens (tertiary/aromatic N) is 5. The molecule has 3 aliphatic heterocycles. The monoisotopic (exact) mass is 612 g/mol. The summed E-state index contributed by atoms with van der Waals surface area (Å²) in [5.41, 5.74) is 6.15. The Balaban J connectivity index is 0.000000162. The Morgan fingerprint density at radius 2 is 1.35 bits per heavy atom. The lowest BCUT2D eigenvalue weighted by atomic mass is 10.0. The topological polar surface area (TPSA) is 81.7 Å². The number of hydrogen-bond acceptors (Lipinski definition) is 6. The third-order valence-electron chi connectivity index (χ3n) is 7.77. The molecule has 0 bridgehead atoms. The van der Waals surface area contributed by atoms with Crippen molar-refractivity contribution in [3.05, 3.63) is 119 Å². The van der Waals surface area contributed by atoms with E-state index in [-0.39, 0.29) is 23.2 Å². The third kappa shape index (κ3) is 7.30. The number of hydrogen-bond donors (Lipinski definition) is 1. The van der Waals surface area contributed by atoms with Crippen LogP contribution in [0.4, 0.5) is 16.0 Å². The number of aromatic nitrogens is 2. The molecule has 5 heterocycles. The number of anilines is 2. The lowest BCUT2D eigenvalue weighted by Crippen LogP contribution is -2.42. The summed E-state index contributed by atoms with van der Waals surface area (Å²) >= 11 is 0. The molecule has 230 valence electrons. The van der Waals surface area contributed by atoms with Gasteiger partial charge in [-0.3, -0.25) is 9.59 Å². The molecule has 3 aliphatic rings. The van der Waals surface area contributed by atoms with E-state index in [1.165, 1.54) is 17.1 Å². The molecule has 0 saturated carbocycles. The van der Waals surface area contributed by atoms with E-state index < -0.39 is 0 Å². The van der Waals surface area contributed by atoms with E-state index in [1.54, 1.807) is 41.7 Å². The van der Waals surface area contributed by atoms with Crippen LogP contribution < -0.4 is 15.4 Å². The van der Waals surface area contributed by atoms with Crippen molar-refractivity contribution in [3.63, 3.8) is 0 Å². The maximum absolute atomic E-state index is 12.8. The van der Waals surface area contributed by atoms with Gasteiger partial charge in [0.15, 0.2) is 0 Å². The Hall–Kier alpha value is -5.35. The van der Waals surface area contributed by atoms with Crippen LogP contribution in [0.5, 0.6) is 0 Å². The summed E-state index contributed by atoms with van der Waals surface area (Å²) in [5, 5.41) is 5.36. The predicted octanol–water partition coefficient (Wildman–Crippen LogP) is 5.24. The highest BCUT2D eigenvalue weighted by Crippen LogP contribution is 2.32. The van der Waals surface area contributed by atoms with Crippen LogP contribution in [0.2, 0.25) is 0 Å². The van der Waals surface area contributed by atoms with Crippen molar-refractivity contribution in [1.29, 1.82) is 0 Å². The van der Waals surface area contributed by atoms with Crippen LogP contribution in [0.15, 0.2) is 91.3 Å². The van der Waals surface area contributed by atoms with Crippen molar-refractivity contribution in [1.82, 2.24) is 20.4 Å². The number of benzene rings is 2. The van der Waals surface area contributed by atoms with E-state index in [0.29, 0.717) is 30.5 Å². The van der Waals surface area contributed by atoms with Crippen LogP contribution >= 0.6 is 0 Å². The van der Waals surface area contributed by atoms with Gasteiger partial charge in [-0.25, -0.2) is 34.8 Å². The summed E-state index contributed by atoms with van der Waals surface area (Å²) in [7, 11) is 0. The number of amides is 2. The van der Waals surface area contributed by atoms with E-state index in [9.17, 15) is 14.0 Å². The van der Waals surface area contributed by atoms with Gasteiger partial charge in [0.05, 0.1) is 0 Å². The summed E-state index contributed by atoms with van der Waals surface area (Å²) in [4.78, 5) is 32.9. The number of fused-ring (bicyclic) bond motifs is 1. The van der Waals surface area contributed by atoms with E-state index in [1.807, 2.05) is 56.3 Å². The number of nitrogens with one attached hydrogen (secondary N) is 1. The fourth-order valence-corrected chi connectivity index (χ4v) is 5.55. The van der Waals surface area contributed by atoms with Gasteiger partial charge >= 0.3 is 0 Å². The van der Waals surface area contributed by atoms with E-state index in [0.717, 1.165) is 41.6 Å². The molecule has 1 N–H and O–H groups in total. The highest BCUT2D eigenvalue weighted by molar-refractivity contribution is 5.95. The number of rotatable bonds is 2. The molecule has 0 spiro atoms. The summed E-state index contributed by atoms with van der Waals surface area (Å²) in [6.45, 7) is 4.87. The average Bonchev–Trinajstić information content (AvgIpc) is 3.72. The maximum Gasteiger partial charge on any atom is 0.244 e. The molecule has 2 aromatic carbocycles. The molecule has 1 unspecified atom stereocenters. The van der Waals surface area contributed by atoms with Crippen molar-refractivity contribution >= 4 is 23.5 Å². The van der Waals surface area contributed by atoms with Gasteiger partial charge in [0.1, 0.15) is 17.5 Å². The zero-order chi connectivity index (χ0) is 32.1.